The van der Waals surface area contributed by atoms with Crippen molar-refractivity contribution >= 4 is 28.2 Å². The topological polar surface area (TPSA) is 110 Å². The van der Waals surface area contributed by atoms with E-state index in [2.05, 4.69) is 15.5 Å². The highest BCUT2D eigenvalue weighted by Gasteiger charge is 2.42. The van der Waals surface area contributed by atoms with Crippen LogP contribution in [0.3, 0.4) is 0 Å². The normalized spacial score (nSPS) is 17.8. The molecule has 0 aliphatic carbocycles. The monoisotopic (exact) mass is 362 g/mol. The number of primary amides is 1. The van der Waals surface area contributed by atoms with Gasteiger partial charge in [-0.15, -0.1) is 11.3 Å². The first-order valence-electron chi connectivity index (χ1n) is 8.03. The lowest BCUT2D eigenvalue weighted by molar-refractivity contribution is -0.135. The van der Waals surface area contributed by atoms with E-state index in [0.717, 1.165) is 10.4 Å². The zero-order chi connectivity index (χ0) is 18.4. The third kappa shape index (κ3) is 3.45. The molecule has 0 spiro atoms. The second kappa shape index (κ2) is 5.96. The molecule has 2 aromatic rings. The lowest BCUT2D eigenvalue weighted by Gasteiger charge is -2.41. The van der Waals surface area contributed by atoms with Crippen LogP contribution in [-0.4, -0.2) is 27.6 Å². The maximum absolute atomic E-state index is 12.3. The van der Waals surface area contributed by atoms with Crippen molar-refractivity contribution in [3.05, 3.63) is 34.0 Å². The Morgan fingerprint density at radius 2 is 2.12 bits per heavy atom. The number of carbonyl (C=O) groups excluding carboxylic acids is 2. The molecule has 0 bridgehead atoms. The molecule has 1 aliphatic rings. The zero-order valence-corrected chi connectivity index (χ0v) is 15.5. The molecule has 1 aliphatic heterocycles. The third-order valence-corrected chi connectivity index (χ3v) is 5.55. The summed E-state index contributed by atoms with van der Waals surface area (Å²) in [5.74, 6) is -0.772. The van der Waals surface area contributed by atoms with Crippen LogP contribution in [0.25, 0.3) is 0 Å². The molecule has 0 atom stereocenters. The minimum absolute atomic E-state index is 0.145. The number of rotatable bonds is 4. The van der Waals surface area contributed by atoms with Crippen LogP contribution in [0.2, 0.25) is 0 Å². The fourth-order valence-electron chi connectivity index (χ4n) is 3.39. The molecule has 0 unspecified atom stereocenters. The van der Waals surface area contributed by atoms with E-state index < -0.39 is 17.1 Å². The van der Waals surface area contributed by atoms with E-state index in [-0.39, 0.29) is 12.3 Å². The number of nitrogens with zero attached hydrogens (tertiary/aromatic N) is 1. The number of hydrogen-bond acceptors (Lipinski definition) is 5. The minimum atomic E-state index is -0.557. The Labute approximate surface area is 149 Å². The number of aromatic amines is 1. The summed E-state index contributed by atoms with van der Waals surface area (Å²) in [6.45, 7) is 7.89. The van der Waals surface area contributed by atoms with Crippen molar-refractivity contribution < 1.29 is 14.3 Å². The van der Waals surface area contributed by atoms with Gasteiger partial charge in [-0.3, -0.25) is 14.7 Å². The highest BCUT2D eigenvalue weighted by molar-refractivity contribution is 7.17. The van der Waals surface area contributed by atoms with Gasteiger partial charge in [-0.25, -0.2) is 0 Å². The van der Waals surface area contributed by atoms with Crippen LogP contribution < -0.4 is 11.1 Å². The summed E-state index contributed by atoms with van der Waals surface area (Å²) in [6.07, 6.45) is 2.30. The molecular weight excluding hydrogens is 340 g/mol. The Kier molecular flexibility index (Phi) is 4.20. The summed E-state index contributed by atoms with van der Waals surface area (Å²) in [7, 11) is 0. The van der Waals surface area contributed by atoms with E-state index in [0.29, 0.717) is 22.7 Å². The average molecular weight is 362 g/mol. The largest absolute Gasteiger partial charge is 0.365 e. The quantitative estimate of drug-likeness (QED) is 0.775. The Morgan fingerprint density at radius 3 is 2.72 bits per heavy atom. The first-order chi connectivity index (χ1) is 11.6. The number of thiophene rings is 1. The Balaban J connectivity index is 1.97. The van der Waals surface area contributed by atoms with Gasteiger partial charge in [0.05, 0.1) is 23.2 Å². The van der Waals surface area contributed by atoms with Gasteiger partial charge in [0, 0.05) is 23.2 Å². The summed E-state index contributed by atoms with van der Waals surface area (Å²) in [5.41, 5.74) is 6.62. The molecule has 0 aromatic carbocycles. The van der Waals surface area contributed by atoms with Crippen molar-refractivity contribution in [3.8, 4) is 0 Å². The van der Waals surface area contributed by atoms with Crippen LogP contribution in [-0.2, 0) is 28.0 Å². The molecule has 0 radical (unpaired) electrons. The van der Waals surface area contributed by atoms with Crippen molar-refractivity contribution in [1.29, 1.82) is 0 Å². The van der Waals surface area contributed by atoms with Crippen LogP contribution in [0.15, 0.2) is 12.3 Å². The van der Waals surface area contributed by atoms with Crippen molar-refractivity contribution in [3.63, 3.8) is 0 Å². The first-order valence-corrected chi connectivity index (χ1v) is 8.85. The van der Waals surface area contributed by atoms with Gasteiger partial charge in [0.1, 0.15) is 5.00 Å². The standard InChI is InChI=1S/C17H22N4O3S/c1-16(2)8-10-12(14(18)23)15(25-13(10)17(3,4)24-16)20-11(22)7-9-5-6-19-21-9/h5-6H,7-8H2,1-4H3,(H2,18,23)(H,19,21)(H,20,22). The molecule has 0 saturated carbocycles. The van der Waals surface area contributed by atoms with Gasteiger partial charge >= 0.3 is 0 Å². The molecule has 4 N–H and O–H groups in total. The van der Waals surface area contributed by atoms with Crippen molar-refractivity contribution in [2.75, 3.05) is 5.32 Å². The molecule has 25 heavy (non-hydrogen) atoms. The Hall–Kier alpha value is -2.19. The average Bonchev–Trinajstić information content (AvgIpc) is 3.04. The summed E-state index contributed by atoms with van der Waals surface area (Å²) in [6, 6.07) is 1.73. The van der Waals surface area contributed by atoms with E-state index in [9.17, 15) is 9.59 Å². The van der Waals surface area contributed by atoms with E-state index in [4.69, 9.17) is 10.5 Å². The molecule has 3 rings (SSSR count). The minimum Gasteiger partial charge on any atom is -0.365 e. The number of hydrogen-bond donors (Lipinski definition) is 3. The number of anilines is 1. The molecule has 7 nitrogen and oxygen atoms in total. The number of nitrogens with one attached hydrogen (secondary N) is 2. The molecule has 3 heterocycles. The van der Waals surface area contributed by atoms with E-state index in [1.165, 1.54) is 11.3 Å². The van der Waals surface area contributed by atoms with E-state index in [1.54, 1.807) is 12.3 Å². The van der Waals surface area contributed by atoms with Crippen molar-refractivity contribution in [2.24, 2.45) is 5.73 Å². The first kappa shape index (κ1) is 17.6. The highest BCUT2D eigenvalue weighted by atomic mass is 32.1. The van der Waals surface area contributed by atoms with Crippen molar-refractivity contribution in [2.45, 2.75) is 51.7 Å². The number of nitrogens with two attached hydrogens (primary N) is 1. The summed E-state index contributed by atoms with van der Waals surface area (Å²) >= 11 is 1.36. The Morgan fingerprint density at radius 1 is 1.40 bits per heavy atom. The molecular formula is C17H22N4O3S. The van der Waals surface area contributed by atoms with Gasteiger partial charge in [0.25, 0.3) is 5.91 Å². The van der Waals surface area contributed by atoms with Crippen LogP contribution >= 0.6 is 11.3 Å². The van der Waals surface area contributed by atoms with E-state index >= 15 is 0 Å². The summed E-state index contributed by atoms with van der Waals surface area (Å²) < 4.78 is 6.16. The number of amides is 2. The van der Waals surface area contributed by atoms with Gasteiger partial charge in [0.15, 0.2) is 0 Å². The van der Waals surface area contributed by atoms with E-state index in [1.807, 2.05) is 27.7 Å². The molecule has 2 amide bonds. The molecule has 0 fully saturated rings. The fourth-order valence-corrected chi connectivity index (χ4v) is 4.67. The van der Waals surface area contributed by atoms with Gasteiger partial charge in [-0.1, -0.05) is 0 Å². The van der Waals surface area contributed by atoms with Gasteiger partial charge in [-0.2, -0.15) is 5.10 Å². The number of ether oxygens (including phenoxy) is 1. The number of H-pyrrole nitrogens is 1. The molecule has 134 valence electrons. The highest BCUT2D eigenvalue weighted by Crippen LogP contribution is 2.48. The second-order valence-corrected chi connectivity index (χ2v) is 8.35. The van der Waals surface area contributed by atoms with Crippen LogP contribution in [0.4, 0.5) is 5.00 Å². The smallest absolute Gasteiger partial charge is 0.251 e. The molecule has 0 saturated heterocycles. The summed E-state index contributed by atoms with van der Waals surface area (Å²) in [5, 5.41) is 9.88. The predicted octanol–water partition coefficient (Wildman–Crippen LogP) is 2.34. The van der Waals surface area contributed by atoms with Crippen molar-refractivity contribution in [1.82, 2.24) is 10.2 Å². The number of carbonyl (C=O) groups is 2. The predicted molar refractivity (Wildman–Crippen MR) is 95.7 cm³/mol. The fraction of sp³-hybridized carbons (Fsp3) is 0.471. The third-order valence-electron chi connectivity index (χ3n) is 4.10. The lowest BCUT2D eigenvalue weighted by Crippen LogP contribution is -2.42. The van der Waals surface area contributed by atoms with Gasteiger partial charge in [-0.05, 0) is 39.3 Å². The van der Waals surface area contributed by atoms with Gasteiger partial charge < -0.3 is 15.8 Å². The number of aromatic nitrogens is 2. The maximum atomic E-state index is 12.3. The molecule has 2 aromatic heterocycles. The maximum Gasteiger partial charge on any atom is 0.251 e. The van der Waals surface area contributed by atoms with Gasteiger partial charge in [0.2, 0.25) is 5.91 Å². The zero-order valence-electron chi connectivity index (χ0n) is 14.7. The van der Waals surface area contributed by atoms with Crippen LogP contribution in [0.1, 0.15) is 54.2 Å². The number of fused-ring (bicyclic) bond motifs is 1. The SMILES string of the molecule is CC1(C)Cc2c(sc(NC(=O)Cc3ccn[nH]3)c2C(N)=O)C(C)(C)O1. The summed E-state index contributed by atoms with van der Waals surface area (Å²) in [4.78, 5) is 25.3. The Bertz CT molecular complexity index is 821. The lowest BCUT2D eigenvalue weighted by atomic mass is 9.86. The molecule has 8 heteroatoms. The second-order valence-electron chi connectivity index (χ2n) is 7.33. The van der Waals surface area contributed by atoms with Crippen LogP contribution in [0, 0.1) is 0 Å². The van der Waals surface area contributed by atoms with Crippen LogP contribution in [0.5, 0.6) is 0 Å².